The van der Waals surface area contributed by atoms with Gasteiger partial charge in [-0.3, -0.25) is 0 Å². The molecule has 2 aliphatic rings. The van der Waals surface area contributed by atoms with Gasteiger partial charge in [-0.25, -0.2) is 0 Å². The molecule has 19 heavy (non-hydrogen) atoms. The molecule has 0 fully saturated rings. The van der Waals surface area contributed by atoms with Crippen molar-refractivity contribution in [3.8, 4) is 0 Å². The van der Waals surface area contributed by atoms with E-state index in [1.54, 1.807) is 0 Å². The monoisotopic (exact) mass is 287 g/mol. The van der Waals surface area contributed by atoms with Gasteiger partial charge >= 0.3 is 0 Å². The molecule has 0 bridgehead atoms. The third kappa shape index (κ3) is 1.78. The Labute approximate surface area is 121 Å². The molecule has 0 saturated carbocycles. The molecule has 96 valence electrons. The number of nitrogens with one attached hydrogen (secondary N) is 1. The molecule has 1 aliphatic carbocycles. The molecular formula is C16H14ClNS. The van der Waals surface area contributed by atoms with E-state index in [9.17, 15) is 0 Å². The number of rotatable bonds is 0. The Morgan fingerprint density at radius 2 is 2.26 bits per heavy atom. The maximum atomic E-state index is 6.13. The summed E-state index contributed by atoms with van der Waals surface area (Å²) in [5.41, 5.74) is 5.28. The molecule has 1 aromatic heterocycles. The fraction of sp³-hybridized carbons (Fsp3) is 0.250. The Bertz CT molecular complexity index is 739. The van der Waals surface area contributed by atoms with E-state index in [1.807, 2.05) is 17.8 Å². The first kappa shape index (κ1) is 11.7. The average molecular weight is 288 g/mol. The third-order valence-corrected chi connectivity index (χ3v) is 5.33. The van der Waals surface area contributed by atoms with Crippen molar-refractivity contribution in [2.24, 2.45) is 5.92 Å². The number of H-pyrrole nitrogens is 1. The molecule has 0 amide bonds. The largest absolute Gasteiger partial charge is 0.354 e. The van der Waals surface area contributed by atoms with Crippen molar-refractivity contribution in [3.05, 3.63) is 51.5 Å². The molecule has 1 atom stereocenters. The van der Waals surface area contributed by atoms with Crippen LogP contribution >= 0.6 is 23.4 Å². The second-order valence-electron chi connectivity index (χ2n) is 5.33. The Hall–Kier alpha value is -1.12. The number of benzene rings is 1. The van der Waals surface area contributed by atoms with E-state index in [1.165, 1.54) is 39.1 Å². The van der Waals surface area contributed by atoms with E-state index in [0.717, 1.165) is 10.8 Å². The summed E-state index contributed by atoms with van der Waals surface area (Å²) in [5, 5.41) is 2.08. The van der Waals surface area contributed by atoms with E-state index in [4.69, 9.17) is 11.6 Å². The molecule has 2 aromatic rings. The summed E-state index contributed by atoms with van der Waals surface area (Å²) in [6, 6.07) is 6.11. The normalized spacial score (nSPS) is 21.7. The lowest BCUT2D eigenvalue weighted by Crippen LogP contribution is -2.05. The Morgan fingerprint density at radius 3 is 3.16 bits per heavy atom. The minimum atomic E-state index is 0.659. The van der Waals surface area contributed by atoms with E-state index < -0.39 is 0 Å². The highest BCUT2D eigenvalue weighted by Gasteiger charge is 2.24. The maximum Gasteiger partial charge on any atom is 0.0513 e. The van der Waals surface area contributed by atoms with Crippen molar-refractivity contribution in [3.63, 3.8) is 0 Å². The van der Waals surface area contributed by atoms with Gasteiger partial charge in [-0.1, -0.05) is 30.7 Å². The van der Waals surface area contributed by atoms with Gasteiger partial charge in [-0.15, -0.1) is 11.8 Å². The number of hydrogen-bond acceptors (Lipinski definition) is 1. The smallest absolute Gasteiger partial charge is 0.0513 e. The molecule has 0 saturated heterocycles. The number of aromatic nitrogens is 1. The highest BCUT2D eigenvalue weighted by molar-refractivity contribution is 8.02. The van der Waals surface area contributed by atoms with Crippen LogP contribution in [0.5, 0.6) is 0 Å². The van der Waals surface area contributed by atoms with Gasteiger partial charge in [0.1, 0.15) is 0 Å². The summed E-state index contributed by atoms with van der Waals surface area (Å²) in [5.74, 6) is 1.71. The molecular weight excluding hydrogens is 274 g/mol. The van der Waals surface area contributed by atoms with E-state index in [-0.39, 0.29) is 0 Å². The number of allylic oxidation sites excluding steroid dienone is 4. The average Bonchev–Trinajstić information content (AvgIpc) is 2.76. The Kier molecular flexibility index (Phi) is 2.58. The third-order valence-electron chi connectivity index (χ3n) is 3.93. The number of hydrogen-bond donors (Lipinski definition) is 1. The van der Waals surface area contributed by atoms with E-state index in [2.05, 4.69) is 36.2 Å². The van der Waals surface area contributed by atoms with Crippen LogP contribution in [0.4, 0.5) is 0 Å². The predicted octanol–water partition coefficient (Wildman–Crippen LogP) is 5.38. The fourth-order valence-corrected chi connectivity index (χ4v) is 4.44. The first-order valence-corrected chi connectivity index (χ1v) is 7.93. The van der Waals surface area contributed by atoms with Gasteiger partial charge in [-0.2, -0.15) is 0 Å². The molecule has 3 heteroatoms. The molecule has 4 rings (SSSR count). The summed E-state index contributed by atoms with van der Waals surface area (Å²) >= 11 is 8.11. The van der Waals surface area contributed by atoms with Crippen LogP contribution in [0.1, 0.15) is 24.6 Å². The molecule has 1 nitrogen and oxygen atoms in total. The van der Waals surface area contributed by atoms with E-state index >= 15 is 0 Å². The minimum Gasteiger partial charge on any atom is -0.354 e. The quantitative estimate of drug-likeness (QED) is 0.688. The van der Waals surface area contributed by atoms with Crippen molar-refractivity contribution in [2.45, 2.75) is 19.1 Å². The van der Waals surface area contributed by atoms with Crippen LogP contribution in [-0.4, -0.2) is 4.98 Å². The first-order valence-electron chi connectivity index (χ1n) is 6.57. The summed E-state index contributed by atoms with van der Waals surface area (Å²) in [6.07, 6.45) is 5.77. The number of halogens is 1. The minimum absolute atomic E-state index is 0.659. The van der Waals surface area contributed by atoms with Crippen LogP contribution in [0.15, 0.2) is 35.3 Å². The fourth-order valence-electron chi connectivity index (χ4n) is 2.94. The molecule has 1 aromatic carbocycles. The number of fused-ring (bicyclic) bond motifs is 4. The van der Waals surface area contributed by atoms with Gasteiger partial charge in [0.05, 0.1) is 5.69 Å². The summed E-state index contributed by atoms with van der Waals surface area (Å²) < 4.78 is 0. The number of aromatic amines is 1. The van der Waals surface area contributed by atoms with Gasteiger partial charge < -0.3 is 4.98 Å². The van der Waals surface area contributed by atoms with Crippen LogP contribution in [0.3, 0.4) is 0 Å². The summed E-state index contributed by atoms with van der Waals surface area (Å²) in [4.78, 5) is 5.10. The van der Waals surface area contributed by atoms with Crippen molar-refractivity contribution < 1.29 is 0 Å². The van der Waals surface area contributed by atoms with Crippen LogP contribution in [-0.2, 0) is 5.75 Å². The van der Waals surface area contributed by atoms with E-state index in [0.29, 0.717) is 5.92 Å². The molecule has 1 aliphatic heterocycles. The highest BCUT2D eigenvalue weighted by Crippen LogP contribution is 2.46. The molecule has 2 heterocycles. The Balaban J connectivity index is 1.96. The Morgan fingerprint density at radius 1 is 1.37 bits per heavy atom. The van der Waals surface area contributed by atoms with Gasteiger partial charge in [0.2, 0.25) is 0 Å². The van der Waals surface area contributed by atoms with Crippen molar-refractivity contribution in [1.29, 1.82) is 0 Å². The SMILES string of the molecule is CC1C=CC2=C(C1)SCc1c2[nH]c2ccc(Cl)cc12. The van der Waals surface area contributed by atoms with Gasteiger partial charge in [0, 0.05) is 27.3 Å². The molecule has 0 radical (unpaired) electrons. The van der Waals surface area contributed by atoms with Crippen molar-refractivity contribution in [2.75, 3.05) is 0 Å². The first-order chi connectivity index (χ1) is 9.22. The lowest BCUT2D eigenvalue weighted by molar-refractivity contribution is 0.731. The van der Waals surface area contributed by atoms with Gasteiger partial charge in [0.25, 0.3) is 0 Å². The molecule has 1 unspecified atom stereocenters. The van der Waals surface area contributed by atoms with Crippen molar-refractivity contribution >= 4 is 39.8 Å². The molecule has 1 N–H and O–H groups in total. The second kappa shape index (κ2) is 4.19. The molecule has 0 spiro atoms. The topological polar surface area (TPSA) is 15.8 Å². The zero-order valence-electron chi connectivity index (χ0n) is 10.7. The summed E-state index contributed by atoms with van der Waals surface area (Å²) in [6.45, 7) is 2.28. The summed E-state index contributed by atoms with van der Waals surface area (Å²) in [7, 11) is 0. The van der Waals surface area contributed by atoms with Crippen LogP contribution in [0.25, 0.3) is 16.5 Å². The maximum absolute atomic E-state index is 6.13. The standard InChI is InChI=1S/C16H14ClNS/c1-9-2-4-11-15(6-9)19-8-13-12-7-10(17)3-5-14(12)18-16(11)13/h2-5,7,9,18H,6,8H2,1H3. The van der Waals surface area contributed by atoms with Crippen LogP contribution < -0.4 is 0 Å². The van der Waals surface area contributed by atoms with Gasteiger partial charge in [0.15, 0.2) is 0 Å². The van der Waals surface area contributed by atoms with Crippen LogP contribution in [0, 0.1) is 5.92 Å². The van der Waals surface area contributed by atoms with Crippen LogP contribution in [0.2, 0.25) is 5.02 Å². The zero-order valence-corrected chi connectivity index (χ0v) is 12.2. The van der Waals surface area contributed by atoms with Gasteiger partial charge in [-0.05, 0) is 41.0 Å². The number of thioether (sulfide) groups is 1. The lowest BCUT2D eigenvalue weighted by Gasteiger charge is -2.23. The zero-order chi connectivity index (χ0) is 13.0. The lowest BCUT2D eigenvalue weighted by atomic mass is 9.94. The predicted molar refractivity (Wildman–Crippen MR) is 84.4 cm³/mol. The van der Waals surface area contributed by atoms with Crippen molar-refractivity contribution in [1.82, 2.24) is 4.98 Å². The highest BCUT2D eigenvalue weighted by atomic mass is 35.5. The second-order valence-corrected chi connectivity index (χ2v) is 6.84.